The van der Waals surface area contributed by atoms with E-state index in [9.17, 15) is 9.59 Å². The van der Waals surface area contributed by atoms with Crippen molar-refractivity contribution < 1.29 is 19.1 Å². The van der Waals surface area contributed by atoms with Crippen molar-refractivity contribution in [1.82, 2.24) is 10.6 Å². The number of carbonyl (C=O) groups is 2. The van der Waals surface area contributed by atoms with Crippen LogP contribution in [0, 0.1) is 0 Å². The van der Waals surface area contributed by atoms with Crippen LogP contribution in [0.2, 0.25) is 0 Å². The van der Waals surface area contributed by atoms with E-state index in [4.69, 9.17) is 9.47 Å². The van der Waals surface area contributed by atoms with Crippen LogP contribution in [0.3, 0.4) is 0 Å². The van der Waals surface area contributed by atoms with Gasteiger partial charge in [0.25, 0.3) is 5.91 Å². The Hall–Kier alpha value is -2.28. The molecule has 2 N–H and O–H groups in total. The van der Waals surface area contributed by atoms with Crippen molar-refractivity contribution in [2.75, 3.05) is 38.8 Å². The predicted octanol–water partition coefficient (Wildman–Crippen LogP) is 1.32. The zero-order chi connectivity index (χ0) is 18.5. The summed E-state index contributed by atoms with van der Waals surface area (Å²) in [6.45, 7) is 1.39. The van der Waals surface area contributed by atoms with Gasteiger partial charge in [0.05, 0.1) is 24.8 Å². The second-order valence-electron chi connectivity index (χ2n) is 6.91. The molecular weight excluding hydrogens is 334 g/mol. The number of nitrogens with zero attached hydrogens (tertiary/aromatic N) is 1. The number of rotatable bonds is 7. The van der Waals surface area contributed by atoms with E-state index in [-0.39, 0.29) is 17.9 Å². The molecule has 0 radical (unpaired) electrons. The van der Waals surface area contributed by atoms with Crippen LogP contribution in [0.15, 0.2) is 18.2 Å². The van der Waals surface area contributed by atoms with Gasteiger partial charge in [-0.05, 0) is 37.5 Å². The highest BCUT2D eigenvalue weighted by atomic mass is 16.5. The van der Waals surface area contributed by atoms with Crippen LogP contribution in [-0.2, 0) is 9.53 Å². The Labute approximate surface area is 154 Å². The summed E-state index contributed by atoms with van der Waals surface area (Å²) in [5, 5.41) is 5.88. The molecule has 1 aliphatic carbocycles. The number of hydrogen-bond donors (Lipinski definition) is 2. The molecule has 7 heteroatoms. The average Bonchev–Trinajstić information content (AvgIpc) is 2.60. The molecule has 2 amide bonds. The fourth-order valence-corrected chi connectivity index (χ4v) is 3.17. The first-order chi connectivity index (χ1) is 12.6. The third-order valence-electron chi connectivity index (χ3n) is 5.06. The Kier molecular flexibility index (Phi) is 5.98. The third kappa shape index (κ3) is 4.27. The Morgan fingerprint density at radius 2 is 2.15 bits per heavy atom. The number of carbonyl (C=O) groups excluding carboxylic acids is 2. The number of likely N-dealkylation sites (N-methyl/N-ethyl adjacent to an activating group) is 1. The number of ether oxygens (including phenoxy) is 2. The topological polar surface area (TPSA) is 79.9 Å². The van der Waals surface area contributed by atoms with Crippen LogP contribution in [0.1, 0.15) is 36.0 Å². The fraction of sp³-hybridized carbons (Fsp3) is 0.579. The molecule has 0 bridgehead atoms. The summed E-state index contributed by atoms with van der Waals surface area (Å²) >= 11 is 0. The largest absolute Gasteiger partial charge is 0.489 e. The van der Waals surface area contributed by atoms with Crippen LogP contribution in [-0.4, -0.2) is 57.8 Å². The highest BCUT2D eigenvalue weighted by Crippen LogP contribution is 2.34. The first-order valence-corrected chi connectivity index (χ1v) is 9.14. The van der Waals surface area contributed by atoms with E-state index >= 15 is 0 Å². The van der Waals surface area contributed by atoms with Gasteiger partial charge in [-0.15, -0.1) is 0 Å². The number of fused-ring (bicyclic) bond motifs is 1. The molecule has 1 fully saturated rings. The Balaban J connectivity index is 1.63. The molecule has 1 aromatic rings. The first-order valence-electron chi connectivity index (χ1n) is 9.14. The summed E-state index contributed by atoms with van der Waals surface area (Å²) in [4.78, 5) is 26.5. The van der Waals surface area contributed by atoms with Crippen molar-refractivity contribution in [3.05, 3.63) is 23.8 Å². The predicted molar refractivity (Wildman–Crippen MR) is 98.7 cm³/mol. The van der Waals surface area contributed by atoms with Crippen LogP contribution >= 0.6 is 0 Å². The van der Waals surface area contributed by atoms with Gasteiger partial charge in [-0.2, -0.15) is 0 Å². The van der Waals surface area contributed by atoms with E-state index in [0.29, 0.717) is 37.8 Å². The standard InChI is InChI=1S/C19H27N3O4/c1-22-15(11-18(23)21-14-4-3-5-14)12-26-17-7-6-13(10-16(17)22)19(24)20-8-9-25-2/h6-7,10,14-15H,3-5,8-9,11-12H2,1-2H3,(H,20,24)(H,21,23)/t15-/m1/s1. The zero-order valence-electron chi connectivity index (χ0n) is 15.4. The molecule has 1 atom stereocenters. The Morgan fingerprint density at radius 1 is 1.35 bits per heavy atom. The van der Waals surface area contributed by atoms with Crippen molar-refractivity contribution >= 4 is 17.5 Å². The number of nitrogens with one attached hydrogen (secondary N) is 2. The third-order valence-corrected chi connectivity index (χ3v) is 5.06. The molecule has 0 aromatic heterocycles. The van der Waals surface area contributed by atoms with Crippen LogP contribution in [0.25, 0.3) is 0 Å². The molecule has 1 saturated carbocycles. The zero-order valence-corrected chi connectivity index (χ0v) is 15.4. The minimum absolute atomic E-state index is 0.0469. The van der Waals surface area contributed by atoms with Gasteiger partial charge in [0, 0.05) is 32.3 Å². The molecular formula is C19H27N3O4. The fourth-order valence-electron chi connectivity index (χ4n) is 3.17. The summed E-state index contributed by atoms with van der Waals surface area (Å²) in [5.41, 5.74) is 1.40. The van der Waals surface area contributed by atoms with E-state index < -0.39 is 0 Å². The molecule has 0 saturated heterocycles. The van der Waals surface area contributed by atoms with Gasteiger partial charge in [-0.3, -0.25) is 9.59 Å². The molecule has 1 aliphatic heterocycles. The van der Waals surface area contributed by atoms with Crippen molar-refractivity contribution in [3.63, 3.8) is 0 Å². The van der Waals surface area contributed by atoms with Gasteiger partial charge < -0.3 is 25.0 Å². The number of hydrogen-bond acceptors (Lipinski definition) is 5. The van der Waals surface area contributed by atoms with Gasteiger partial charge in [-0.1, -0.05) is 0 Å². The van der Waals surface area contributed by atoms with Gasteiger partial charge in [0.2, 0.25) is 5.91 Å². The maximum absolute atomic E-state index is 12.2. The monoisotopic (exact) mass is 361 g/mol. The molecule has 0 unspecified atom stereocenters. The lowest BCUT2D eigenvalue weighted by atomic mass is 9.93. The number of methoxy groups -OCH3 is 1. The summed E-state index contributed by atoms with van der Waals surface area (Å²) in [6.07, 6.45) is 3.73. The molecule has 0 spiro atoms. The molecule has 3 rings (SSSR count). The van der Waals surface area contributed by atoms with Gasteiger partial charge in [0.15, 0.2) is 0 Å². The molecule has 1 heterocycles. The molecule has 7 nitrogen and oxygen atoms in total. The lowest BCUT2D eigenvalue weighted by Crippen LogP contribution is -2.46. The van der Waals surface area contributed by atoms with Crippen molar-refractivity contribution in [1.29, 1.82) is 0 Å². The highest BCUT2D eigenvalue weighted by molar-refractivity contribution is 5.95. The number of amides is 2. The van der Waals surface area contributed by atoms with Crippen LogP contribution in [0.5, 0.6) is 5.75 Å². The molecule has 2 aliphatic rings. The summed E-state index contributed by atoms with van der Waals surface area (Å²) in [5.74, 6) is 0.645. The van der Waals surface area contributed by atoms with E-state index in [0.717, 1.165) is 24.3 Å². The van der Waals surface area contributed by atoms with E-state index in [2.05, 4.69) is 10.6 Å². The Bertz CT molecular complexity index is 660. The van der Waals surface area contributed by atoms with Crippen molar-refractivity contribution in [3.8, 4) is 5.75 Å². The first kappa shape index (κ1) is 18.5. The lowest BCUT2D eigenvalue weighted by molar-refractivity contribution is -0.122. The summed E-state index contributed by atoms with van der Waals surface area (Å²) in [7, 11) is 3.54. The SMILES string of the molecule is COCCNC(=O)c1ccc2c(c1)N(C)[C@H](CC(=O)NC1CCC1)CO2. The maximum Gasteiger partial charge on any atom is 0.251 e. The van der Waals surface area contributed by atoms with E-state index in [1.54, 1.807) is 13.2 Å². The summed E-state index contributed by atoms with van der Waals surface area (Å²) < 4.78 is 10.8. The van der Waals surface area contributed by atoms with Gasteiger partial charge in [0.1, 0.15) is 12.4 Å². The van der Waals surface area contributed by atoms with Gasteiger partial charge in [-0.25, -0.2) is 0 Å². The lowest BCUT2D eigenvalue weighted by Gasteiger charge is -2.36. The van der Waals surface area contributed by atoms with Crippen LogP contribution in [0.4, 0.5) is 5.69 Å². The van der Waals surface area contributed by atoms with E-state index in [1.165, 1.54) is 6.42 Å². The number of anilines is 1. The Morgan fingerprint density at radius 3 is 2.85 bits per heavy atom. The quantitative estimate of drug-likeness (QED) is 0.716. The highest BCUT2D eigenvalue weighted by Gasteiger charge is 2.29. The minimum Gasteiger partial charge on any atom is -0.489 e. The van der Waals surface area contributed by atoms with Crippen molar-refractivity contribution in [2.24, 2.45) is 0 Å². The minimum atomic E-state index is -0.150. The second-order valence-corrected chi connectivity index (χ2v) is 6.91. The molecule has 142 valence electrons. The smallest absolute Gasteiger partial charge is 0.251 e. The van der Waals surface area contributed by atoms with Crippen LogP contribution < -0.4 is 20.3 Å². The molecule has 26 heavy (non-hydrogen) atoms. The van der Waals surface area contributed by atoms with Gasteiger partial charge >= 0.3 is 0 Å². The normalized spacial score (nSPS) is 19.2. The summed E-state index contributed by atoms with van der Waals surface area (Å²) in [6, 6.07) is 5.66. The maximum atomic E-state index is 12.2. The molecule has 1 aromatic carbocycles. The van der Waals surface area contributed by atoms with E-state index in [1.807, 2.05) is 24.1 Å². The average molecular weight is 361 g/mol. The van der Waals surface area contributed by atoms with Crippen molar-refractivity contribution in [2.45, 2.75) is 37.8 Å². The second kappa shape index (κ2) is 8.40. The number of benzene rings is 1.